The number of ether oxygens (including phenoxy) is 1. The van der Waals surface area contributed by atoms with Gasteiger partial charge >= 0.3 is 6.03 Å². The van der Waals surface area contributed by atoms with Crippen molar-refractivity contribution in [2.45, 2.75) is 38.8 Å². The fourth-order valence-electron chi connectivity index (χ4n) is 4.66. The van der Waals surface area contributed by atoms with Crippen molar-refractivity contribution in [3.63, 3.8) is 0 Å². The summed E-state index contributed by atoms with van der Waals surface area (Å²) in [4.78, 5) is 41.5. The minimum Gasteiger partial charge on any atom is -0.494 e. The van der Waals surface area contributed by atoms with Gasteiger partial charge in [-0.1, -0.05) is 16.4 Å². The number of carbonyl (C=O) groups is 2. The number of methoxy groups -OCH3 is 1. The van der Waals surface area contributed by atoms with Gasteiger partial charge in [-0.05, 0) is 43.5 Å². The third kappa shape index (κ3) is 6.13. The lowest BCUT2D eigenvalue weighted by atomic mass is 9.88. The van der Waals surface area contributed by atoms with Crippen LogP contribution >= 0.6 is 0 Å². The summed E-state index contributed by atoms with van der Waals surface area (Å²) >= 11 is 0. The van der Waals surface area contributed by atoms with Crippen LogP contribution in [0.5, 0.6) is 5.75 Å². The molecule has 1 aromatic carbocycles. The molecule has 204 valence electrons. The number of oxime groups is 1. The third-order valence-electron chi connectivity index (χ3n) is 6.75. The molecular weight excluding hydrogens is 509 g/mol. The Kier molecular flexibility index (Phi) is 7.66. The van der Waals surface area contributed by atoms with E-state index in [4.69, 9.17) is 14.1 Å². The molecule has 0 bridgehead atoms. The zero-order chi connectivity index (χ0) is 27.4. The SMILES string of the molecule is COc1cc(CNC(=O)c2cc(C3=NOC(C4CCN(C(=O)Nc5ccon5)CC4)C3)nc(C)n2)ccc1F. The van der Waals surface area contributed by atoms with Gasteiger partial charge in [0.1, 0.15) is 29.6 Å². The zero-order valence-corrected chi connectivity index (χ0v) is 21.5. The number of nitrogens with one attached hydrogen (secondary N) is 2. The largest absolute Gasteiger partial charge is 0.494 e. The molecule has 1 fully saturated rings. The van der Waals surface area contributed by atoms with E-state index < -0.39 is 11.7 Å². The number of carbonyl (C=O) groups excluding carboxylic acids is 2. The average Bonchev–Trinajstić information content (AvgIpc) is 3.65. The first-order valence-electron chi connectivity index (χ1n) is 12.5. The van der Waals surface area contributed by atoms with Crippen molar-refractivity contribution in [2.75, 3.05) is 25.5 Å². The number of hydrogen-bond acceptors (Lipinski definition) is 9. The molecule has 1 unspecified atom stereocenters. The van der Waals surface area contributed by atoms with E-state index in [9.17, 15) is 14.0 Å². The van der Waals surface area contributed by atoms with Crippen molar-refractivity contribution in [1.29, 1.82) is 0 Å². The van der Waals surface area contributed by atoms with E-state index in [2.05, 4.69) is 30.9 Å². The second-order valence-corrected chi connectivity index (χ2v) is 9.36. The Balaban J connectivity index is 1.15. The van der Waals surface area contributed by atoms with Crippen LogP contribution in [-0.4, -0.2) is 64.0 Å². The zero-order valence-electron chi connectivity index (χ0n) is 21.5. The monoisotopic (exact) mass is 537 g/mol. The van der Waals surface area contributed by atoms with Crippen LogP contribution in [0.4, 0.5) is 15.0 Å². The van der Waals surface area contributed by atoms with Crippen LogP contribution in [0.1, 0.15) is 46.8 Å². The molecule has 2 aliphatic heterocycles. The van der Waals surface area contributed by atoms with Gasteiger partial charge in [-0.15, -0.1) is 0 Å². The summed E-state index contributed by atoms with van der Waals surface area (Å²) in [5.74, 6) is 0.275. The summed E-state index contributed by atoms with van der Waals surface area (Å²) in [5.41, 5.74) is 2.06. The predicted molar refractivity (Wildman–Crippen MR) is 137 cm³/mol. The second-order valence-electron chi connectivity index (χ2n) is 9.36. The number of nitrogens with zero attached hydrogens (tertiary/aromatic N) is 5. The van der Waals surface area contributed by atoms with Gasteiger partial charge in [0.2, 0.25) is 0 Å². The average molecular weight is 538 g/mol. The molecule has 0 spiro atoms. The fraction of sp³-hybridized carbons (Fsp3) is 0.385. The first-order chi connectivity index (χ1) is 18.9. The third-order valence-corrected chi connectivity index (χ3v) is 6.75. The van der Waals surface area contributed by atoms with Gasteiger partial charge < -0.3 is 24.3 Å². The molecule has 2 aromatic heterocycles. The highest BCUT2D eigenvalue weighted by Crippen LogP contribution is 2.30. The molecule has 1 saturated heterocycles. The Labute approximate surface area is 223 Å². The number of likely N-dealkylation sites (tertiary alicyclic amines) is 1. The van der Waals surface area contributed by atoms with Crippen LogP contribution in [0.25, 0.3) is 0 Å². The van der Waals surface area contributed by atoms with Gasteiger partial charge in [-0.2, -0.15) is 0 Å². The summed E-state index contributed by atoms with van der Waals surface area (Å²) in [6, 6.07) is 7.36. The van der Waals surface area contributed by atoms with Crippen molar-refractivity contribution in [3.05, 3.63) is 65.2 Å². The van der Waals surface area contributed by atoms with Crippen molar-refractivity contribution >= 4 is 23.5 Å². The van der Waals surface area contributed by atoms with Crippen LogP contribution in [-0.2, 0) is 11.4 Å². The van der Waals surface area contributed by atoms with E-state index in [0.29, 0.717) is 48.1 Å². The van der Waals surface area contributed by atoms with Crippen molar-refractivity contribution in [3.8, 4) is 5.75 Å². The standard InChI is InChI=1S/C26H28FN7O5/c1-15-29-19(12-21(30-15)25(35)28-14-16-3-4-18(27)23(11-16)37-2)20-13-22(39-32-20)17-5-8-34(9-6-17)26(36)31-24-7-10-38-33-24/h3-4,7,10-12,17,22H,5-6,8-9,13-14H2,1-2H3,(H,28,35)(H,31,33,36). The number of amides is 3. The highest BCUT2D eigenvalue weighted by molar-refractivity contribution is 6.02. The molecule has 12 nitrogen and oxygen atoms in total. The predicted octanol–water partition coefficient (Wildman–Crippen LogP) is 3.29. The van der Waals surface area contributed by atoms with Gasteiger partial charge in [0.25, 0.3) is 5.91 Å². The number of aromatic nitrogens is 3. The number of hydrogen-bond donors (Lipinski definition) is 2. The minimum absolute atomic E-state index is 0.108. The first-order valence-corrected chi connectivity index (χ1v) is 12.5. The molecule has 2 N–H and O–H groups in total. The summed E-state index contributed by atoms with van der Waals surface area (Å²) in [7, 11) is 1.38. The summed E-state index contributed by atoms with van der Waals surface area (Å²) < 4.78 is 23.4. The van der Waals surface area contributed by atoms with E-state index in [1.165, 1.54) is 25.5 Å². The lowest BCUT2D eigenvalue weighted by Crippen LogP contribution is -2.43. The number of halogens is 1. The number of urea groups is 1. The molecule has 0 aliphatic carbocycles. The molecule has 0 saturated carbocycles. The molecule has 39 heavy (non-hydrogen) atoms. The normalized spacial score (nSPS) is 17.4. The first kappa shape index (κ1) is 26.1. The van der Waals surface area contributed by atoms with Gasteiger partial charge in [0, 0.05) is 38.0 Å². The van der Waals surface area contributed by atoms with Crippen molar-refractivity contribution in [1.82, 2.24) is 25.3 Å². The fourth-order valence-corrected chi connectivity index (χ4v) is 4.66. The maximum absolute atomic E-state index is 13.7. The summed E-state index contributed by atoms with van der Waals surface area (Å²) in [5, 5.41) is 13.5. The number of piperidine rings is 1. The van der Waals surface area contributed by atoms with Gasteiger partial charge in [0.05, 0.1) is 12.8 Å². The van der Waals surface area contributed by atoms with E-state index in [1.54, 1.807) is 30.0 Å². The molecular formula is C26H28FN7O5. The molecule has 4 heterocycles. The van der Waals surface area contributed by atoms with E-state index in [0.717, 1.165) is 12.8 Å². The van der Waals surface area contributed by atoms with Gasteiger partial charge in [-0.25, -0.2) is 19.2 Å². The topological polar surface area (TPSA) is 144 Å². The van der Waals surface area contributed by atoms with Crippen LogP contribution in [0, 0.1) is 18.7 Å². The number of benzene rings is 1. The maximum atomic E-state index is 13.7. The van der Waals surface area contributed by atoms with Gasteiger partial charge in [-0.3, -0.25) is 10.1 Å². The van der Waals surface area contributed by atoms with Crippen LogP contribution in [0.15, 0.2) is 46.3 Å². The Bertz CT molecular complexity index is 1370. The maximum Gasteiger partial charge on any atom is 0.323 e. The molecule has 0 radical (unpaired) electrons. The Hall–Kier alpha value is -4.55. The molecule has 3 aromatic rings. The second kappa shape index (κ2) is 11.5. The highest BCUT2D eigenvalue weighted by Gasteiger charge is 2.34. The Morgan fingerprint density at radius 3 is 2.74 bits per heavy atom. The smallest absolute Gasteiger partial charge is 0.323 e. The molecule has 5 rings (SSSR count). The van der Waals surface area contributed by atoms with E-state index in [-0.39, 0.29) is 36.0 Å². The molecule has 2 aliphatic rings. The van der Waals surface area contributed by atoms with Crippen LogP contribution < -0.4 is 15.4 Å². The molecule has 1 atom stereocenters. The van der Waals surface area contributed by atoms with Gasteiger partial charge in [0.15, 0.2) is 17.4 Å². The van der Waals surface area contributed by atoms with Crippen molar-refractivity contribution in [2.24, 2.45) is 11.1 Å². The van der Waals surface area contributed by atoms with E-state index >= 15 is 0 Å². The van der Waals surface area contributed by atoms with Crippen LogP contribution in [0.2, 0.25) is 0 Å². The van der Waals surface area contributed by atoms with Crippen molar-refractivity contribution < 1.29 is 28.1 Å². The molecule has 13 heteroatoms. The number of rotatable bonds is 7. The summed E-state index contributed by atoms with van der Waals surface area (Å²) in [6.45, 7) is 3.05. The molecule has 3 amide bonds. The van der Waals surface area contributed by atoms with Crippen LogP contribution in [0.3, 0.4) is 0 Å². The number of anilines is 1. The minimum atomic E-state index is -0.472. The Morgan fingerprint density at radius 1 is 1.18 bits per heavy atom. The quantitative estimate of drug-likeness (QED) is 0.467. The Morgan fingerprint density at radius 2 is 2.00 bits per heavy atom. The summed E-state index contributed by atoms with van der Waals surface area (Å²) in [6.07, 6.45) is 3.34. The highest BCUT2D eigenvalue weighted by atomic mass is 19.1. The lowest BCUT2D eigenvalue weighted by molar-refractivity contribution is 0.0191. The number of aryl methyl sites for hydroxylation is 1. The van der Waals surface area contributed by atoms with E-state index in [1.807, 2.05) is 0 Å². The lowest BCUT2D eigenvalue weighted by Gasteiger charge is -2.33.